The zero-order valence-electron chi connectivity index (χ0n) is 19.4. The number of nitrogens with one attached hydrogen (secondary N) is 2. The molecule has 3 aromatic carbocycles. The van der Waals surface area contributed by atoms with Gasteiger partial charge < -0.3 is 15.2 Å². The molecule has 0 unspecified atom stereocenters. The molecule has 2 heterocycles. The molecule has 4 aromatic rings. The van der Waals surface area contributed by atoms with Crippen LogP contribution in [0, 0.1) is 5.41 Å². The highest BCUT2D eigenvalue weighted by Crippen LogP contribution is 2.46. The molecule has 0 saturated heterocycles. The van der Waals surface area contributed by atoms with Crippen molar-refractivity contribution in [3.63, 3.8) is 0 Å². The standard InChI is InChI=1S/C29H29N3O/c1-4-32-24-12-8-5-9-19(24)20-15-18(13-14-25(20)32)28-27-23(16-29(2,3)17-26(27)33)30-21-10-6-7-11-22(21)31-28/h5-15,28,30-31H,4,16-17H2,1-3H3/t28-/m0/s1. The number of allylic oxidation sites excluding steroid dienone is 1. The SMILES string of the molecule is CCn1c2ccccc2c2cc([C@@H]3Nc4ccccc4NC4=C3C(=O)CC(C)(C)C4)ccc21. The van der Waals surface area contributed by atoms with Crippen LogP contribution in [-0.4, -0.2) is 10.4 Å². The van der Waals surface area contributed by atoms with Gasteiger partial charge in [-0.05, 0) is 54.7 Å². The third kappa shape index (κ3) is 3.16. The fourth-order valence-corrected chi connectivity index (χ4v) is 5.73. The number of nitrogens with zero attached hydrogens (tertiary/aromatic N) is 1. The molecular weight excluding hydrogens is 406 g/mol. The van der Waals surface area contributed by atoms with Crippen molar-refractivity contribution in [1.29, 1.82) is 0 Å². The van der Waals surface area contributed by atoms with Crippen molar-refractivity contribution in [1.82, 2.24) is 4.57 Å². The number of ketones is 1. The maximum absolute atomic E-state index is 13.5. The zero-order chi connectivity index (χ0) is 22.7. The Morgan fingerprint density at radius 2 is 1.64 bits per heavy atom. The Kier molecular flexibility index (Phi) is 4.41. The molecule has 0 spiro atoms. The first-order chi connectivity index (χ1) is 15.9. The molecule has 1 aromatic heterocycles. The number of rotatable bonds is 2. The molecule has 4 heteroatoms. The number of para-hydroxylation sites is 3. The number of aryl methyl sites for hydroxylation is 1. The number of aromatic nitrogens is 1. The first-order valence-corrected chi connectivity index (χ1v) is 11.8. The van der Waals surface area contributed by atoms with Crippen LogP contribution in [0.4, 0.5) is 11.4 Å². The summed E-state index contributed by atoms with van der Waals surface area (Å²) in [4.78, 5) is 13.5. The molecule has 0 radical (unpaired) electrons. The molecular formula is C29H29N3O. The lowest BCUT2D eigenvalue weighted by molar-refractivity contribution is -0.118. The quantitative estimate of drug-likeness (QED) is 0.355. The minimum Gasteiger partial charge on any atom is -0.372 e. The van der Waals surface area contributed by atoms with E-state index in [1.54, 1.807) is 0 Å². The summed E-state index contributed by atoms with van der Waals surface area (Å²) in [6.45, 7) is 7.47. The summed E-state index contributed by atoms with van der Waals surface area (Å²) in [5, 5.41) is 9.83. The normalized spacial score (nSPS) is 19.6. The van der Waals surface area contributed by atoms with E-state index in [0.717, 1.165) is 41.2 Å². The monoisotopic (exact) mass is 435 g/mol. The fourth-order valence-electron chi connectivity index (χ4n) is 5.73. The van der Waals surface area contributed by atoms with E-state index in [1.165, 1.54) is 21.8 Å². The Hall–Kier alpha value is -3.53. The minimum absolute atomic E-state index is 0.0503. The summed E-state index contributed by atoms with van der Waals surface area (Å²) in [5.74, 6) is 0.232. The molecule has 4 nitrogen and oxygen atoms in total. The van der Waals surface area contributed by atoms with Gasteiger partial charge in [-0.15, -0.1) is 0 Å². The summed E-state index contributed by atoms with van der Waals surface area (Å²) in [5.41, 5.74) is 7.55. The number of anilines is 2. The van der Waals surface area contributed by atoms with Gasteiger partial charge in [0.2, 0.25) is 0 Å². The van der Waals surface area contributed by atoms with Crippen molar-refractivity contribution in [3.8, 4) is 0 Å². The number of Topliss-reactive ketones (excluding diaryl/α,β-unsaturated/α-hetero) is 1. The average Bonchev–Trinajstić information content (AvgIpc) is 3.00. The minimum atomic E-state index is -0.187. The Balaban J connectivity index is 1.58. The zero-order valence-corrected chi connectivity index (χ0v) is 19.4. The Labute approximate surface area is 194 Å². The van der Waals surface area contributed by atoms with Crippen LogP contribution in [0.2, 0.25) is 0 Å². The van der Waals surface area contributed by atoms with E-state index in [2.05, 4.69) is 90.6 Å². The lowest BCUT2D eigenvalue weighted by Gasteiger charge is -2.34. The third-order valence-corrected chi connectivity index (χ3v) is 7.17. The second-order valence-electron chi connectivity index (χ2n) is 10.1. The van der Waals surface area contributed by atoms with Crippen LogP contribution in [-0.2, 0) is 11.3 Å². The van der Waals surface area contributed by atoms with Gasteiger partial charge in [0, 0.05) is 46.0 Å². The van der Waals surface area contributed by atoms with Gasteiger partial charge in [-0.3, -0.25) is 4.79 Å². The van der Waals surface area contributed by atoms with E-state index >= 15 is 0 Å². The molecule has 1 aliphatic heterocycles. The van der Waals surface area contributed by atoms with E-state index < -0.39 is 0 Å². The Morgan fingerprint density at radius 3 is 2.45 bits per heavy atom. The van der Waals surface area contributed by atoms with Crippen LogP contribution in [0.1, 0.15) is 45.2 Å². The van der Waals surface area contributed by atoms with Gasteiger partial charge in [0.15, 0.2) is 5.78 Å². The second kappa shape index (κ2) is 7.24. The molecule has 2 N–H and O–H groups in total. The smallest absolute Gasteiger partial charge is 0.163 e. The average molecular weight is 436 g/mol. The summed E-state index contributed by atoms with van der Waals surface area (Å²) >= 11 is 0. The molecule has 33 heavy (non-hydrogen) atoms. The van der Waals surface area contributed by atoms with E-state index in [1.807, 2.05) is 12.1 Å². The number of carbonyl (C=O) groups is 1. The maximum atomic E-state index is 13.5. The molecule has 0 fully saturated rings. The summed E-state index contributed by atoms with van der Waals surface area (Å²) in [6.07, 6.45) is 1.43. The molecule has 0 saturated carbocycles. The number of hydrogen-bond donors (Lipinski definition) is 2. The maximum Gasteiger partial charge on any atom is 0.163 e. The van der Waals surface area contributed by atoms with E-state index in [-0.39, 0.29) is 17.2 Å². The predicted octanol–water partition coefficient (Wildman–Crippen LogP) is 7.04. The van der Waals surface area contributed by atoms with Crippen LogP contribution >= 0.6 is 0 Å². The highest BCUT2D eigenvalue weighted by Gasteiger charge is 2.38. The van der Waals surface area contributed by atoms with Gasteiger partial charge in [-0.2, -0.15) is 0 Å². The van der Waals surface area contributed by atoms with Crippen molar-refractivity contribution >= 4 is 39.0 Å². The van der Waals surface area contributed by atoms with Crippen LogP contribution in [0.15, 0.2) is 78.0 Å². The lowest BCUT2D eigenvalue weighted by Crippen LogP contribution is -2.31. The summed E-state index contributed by atoms with van der Waals surface area (Å²) in [6, 6.07) is 23.3. The Bertz CT molecular complexity index is 1460. The van der Waals surface area contributed by atoms with Crippen molar-refractivity contribution in [3.05, 3.63) is 83.6 Å². The van der Waals surface area contributed by atoms with Gasteiger partial charge in [0.05, 0.1) is 17.4 Å². The highest BCUT2D eigenvalue weighted by molar-refractivity contribution is 6.08. The number of carbonyl (C=O) groups excluding carboxylic acids is 1. The van der Waals surface area contributed by atoms with Gasteiger partial charge >= 0.3 is 0 Å². The predicted molar refractivity (Wildman–Crippen MR) is 137 cm³/mol. The van der Waals surface area contributed by atoms with Crippen molar-refractivity contribution < 1.29 is 4.79 Å². The van der Waals surface area contributed by atoms with Gasteiger partial charge in [-0.1, -0.05) is 50.2 Å². The third-order valence-electron chi connectivity index (χ3n) is 7.17. The Morgan fingerprint density at radius 1 is 0.909 bits per heavy atom. The first kappa shape index (κ1) is 20.1. The van der Waals surface area contributed by atoms with Crippen molar-refractivity contribution in [2.75, 3.05) is 10.6 Å². The number of benzene rings is 3. The van der Waals surface area contributed by atoms with Crippen LogP contribution in [0.25, 0.3) is 21.8 Å². The number of fused-ring (bicyclic) bond motifs is 4. The first-order valence-electron chi connectivity index (χ1n) is 11.8. The molecule has 1 atom stereocenters. The topological polar surface area (TPSA) is 46.1 Å². The molecule has 0 bridgehead atoms. The van der Waals surface area contributed by atoms with Crippen molar-refractivity contribution in [2.24, 2.45) is 5.41 Å². The van der Waals surface area contributed by atoms with E-state index in [4.69, 9.17) is 0 Å². The van der Waals surface area contributed by atoms with Crippen LogP contribution < -0.4 is 10.6 Å². The van der Waals surface area contributed by atoms with Gasteiger partial charge in [-0.25, -0.2) is 0 Å². The van der Waals surface area contributed by atoms with Gasteiger partial charge in [0.1, 0.15) is 0 Å². The van der Waals surface area contributed by atoms with E-state index in [9.17, 15) is 4.79 Å². The molecule has 166 valence electrons. The van der Waals surface area contributed by atoms with Crippen LogP contribution in [0.5, 0.6) is 0 Å². The molecule has 1 aliphatic carbocycles. The summed E-state index contributed by atoms with van der Waals surface area (Å²) < 4.78 is 2.37. The lowest BCUT2D eigenvalue weighted by atomic mass is 9.73. The van der Waals surface area contributed by atoms with Crippen molar-refractivity contribution in [2.45, 2.75) is 46.2 Å². The summed E-state index contributed by atoms with van der Waals surface area (Å²) in [7, 11) is 0. The number of hydrogen-bond acceptors (Lipinski definition) is 3. The van der Waals surface area contributed by atoms with Crippen LogP contribution in [0.3, 0.4) is 0 Å². The second-order valence-corrected chi connectivity index (χ2v) is 10.1. The molecule has 6 rings (SSSR count). The van der Waals surface area contributed by atoms with Gasteiger partial charge in [0.25, 0.3) is 0 Å². The largest absolute Gasteiger partial charge is 0.372 e. The highest BCUT2D eigenvalue weighted by atomic mass is 16.1. The van der Waals surface area contributed by atoms with E-state index in [0.29, 0.717) is 6.42 Å². The molecule has 0 amide bonds. The fraction of sp³-hybridized carbons (Fsp3) is 0.276. The molecule has 2 aliphatic rings.